The minimum atomic E-state index is -4.54. The highest BCUT2D eigenvalue weighted by Crippen LogP contribution is 2.39. The number of sulfone groups is 1. The van der Waals surface area contributed by atoms with Crippen LogP contribution in [0, 0.1) is 12.7 Å². The van der Waals surface area contributed by atoms with E-state index < -0.39 is 32.3 Å². The van der Waals surface area contributed by atoms with Crippen LogP contribution in [0.25, 0.3) is 33.2 Å². The maximum absolute atomic E-state index is 14.0. The number of aromatic nitrogens is 1. The number of hydrogen-bond acceptors (Lipinski definition) is 3. The molecule has 0 N–H and O–H groups in total. The molecule has 3 aromatic carbocycles. The topological polar surface area (TPSA) is 47.0 Å². The van der Waals surface area contributed by atoms with Crippen LogP contribution >= 0.6 is 0 Å². The molecule has 4 aromatic rings. The van der Waals surface area contributed by atoms with Gasteiger partial charge in [0.05, 0.1) is 11.1 Å². The quantitative estimate of drug-likeness (QED) is 0.331. The average molecular weight is 459 g/mol. The average Bonchev–Trinajstić information content (AvgIpc) is 2.72. The van der Waals surface area contributed by atoms with Crippen molar-refractivity contribution in [2.75, 3.05) is 6.26 Å². The molecule has 0 aliphatic carbocycles. The molecule has 0 aliphatic rings. The van der Waals surface area contributed by atoms with Gasteiger partial charge in [0.1, 0.15) is 10.7 Å². The van der Waals surface area contributed by atoms with Crippen molar-refractivity contribution in [3.8, 4) is 22.3 Å². The minimum absolute atomic E-state index is 0.146. The van der Waals surface area contributed by atoms with Crippen LogP contribution in [0.3, 0.4) is 0 Å². The largest absolute Gasteiger partial charge is 0.418 e. The molecule has 0 bridgehead atoms. The molecule has 0 unspecified atom stereocenters. The first kappa shape index (κ1) is 22.0. The zero-order chi connectivity index (χ0) is 23.3. The van der Waals surface area contributed by atoms with Crippen molar-refractivity contribution in [3.05, 3.63) is 83.8 Å². The summed E-state index contributed by atoms with van der Waals surface area (Å²) < 4.78 is 78.2. The Kier molecular flexibility index (Phi) is 5.29. The number of hydrogen-bond donors (Lipinski definition) is 0. The Bertz CT molecular complexity index is 1460. The highest BCUT2D eigenvalue weighted by molar-refractivity contribution is 7.90. The first-order chi connectivity index (χ1) is 15.0. The number of nitrogens with zero attached hydrogens (tertiary/aromatic N) is 1. The van der Waals surface area contributed by atoms with Gasteiger partial charge in [0.15, 0.2) is 9.84 Å². The van der Waals surface area contributed by atoms with Crippen molar-refractivity contribution >= 4 is 20.7 Å². The Labute approximate surface area is 182 Å². The van der Waals surface area contributed by atoms with Crippen molar-refractivity contribution in [2.45, 2.75) is 18.0 Å². The normalized spacial score (nSPS) is 12.3. The summed E-state index contributed by atoms with van der Waals surface area (Å²) in [7, 11) is -3.77. The van der Waals surface area contributed by atoms with Gasteiger partial charge >= 0.3 is 6.18 Å². The summed E-state index contributed by atoms with van der Waals surface area (Å²) in [6, 6.07) is 14.7. The molecule has 32 heavy (non-hydrogen) atoms. The number of rotatable bonds is 3. The van der Waals surface area contributed by atoms with Crippen molar-refractivity contribution in [3.63, 3.8) is 0 Å². The Balaban J connectivity index is 1.93. The summed E-state index contributed by atoms with van der Waals surface area (Å²) in [6.45, 7) is 1.76. The van der Waals surface area contributed by atoms with Crippen LogP contribution in [0.4, 0.5) is 17.6 Å². The number of halogens is 4. The number of para-hydroxylation sites is 1. The third-order valence-corrected chi connectivity index (χ3v) is 6.32. The molecule has 0 saturated carbocycles. The van der Waals surface area contributed by atoms with E-state index in [1.807, 2.05) is 0 Å². The molecule has 8 heteroatoms. The number of alkyl halides is 3. The lowest BCUT2D eigenvalue weighted by Crippen LogP contribution is -2.07. The molecule has 1 aromatic heterocycles. The maximum atomic E-state index is 14.0. The van der Waals surface area contributed by atoms with Gasteiger partial charge in [-0.15, -0.1) is 0 Å². The van der Waals surface area contributed by atoms with Crippen molar-refractivity contribution in [1.82, 2.24) is 4.98 Å². The highest BCUT2D eigenvalue weighted by atomic mass is 32.2. The van der Waals surface area contributed by atoms with Crippen molar-refractivity contribution in [1.29, 1.82) is 0 Å². The zero-order valence-electron chi connectivity index (χ0n) is 17.0. The van der Waals surface area contributed by atoms with Gasteiger partial charge < -0.3 is 0 Å². The van der Waals surface area contributed by atoms with E-state index in [-0.39, 0.29) is 5.52 Å². The lowest BCUT2D eigenvalue weighted by atomic mass is 9.93. The van der Waals surface area contributed by atoms with Gasteiger partial charge in [0.25, 0.3) is 0 Å². The fourth-order valence-electron chi connectivity index (χ4n) is 3.76. The lowest BCUT2D eigenvalue weighted by molar-refractivity contribution is -0.136. The van der Waals surface area contributed by atoms with Gasteiger partial charge in [-0.2, -0.15) is 13.2 Å². The van der Waals surface area contributed by atoms with Gasteiger partial charge in [-0.1, -0.05) is 36.4 Å². The van der Waals surface area contributed by atoms with Crippen molar-refractivity contribution < 1.29 is 26.0 Å². The second kappa shape index (κ2) is 7.70. The minimum Gasteiger partial charge on any atom is -0.255 e. The molecule has 0 saturated heterocycles. The van der Waals surface area contributed by atoms with E-state index >= 15 is 0 Å². The molecule has 3 nitrogen and oxygen atoms in total. The first-order valence-corrected chi connectivity index (χ1v) is 11.4. The first-order valence-electron chi connectivity index (χ1n) is 9.53. The van der Waals surface area contributed by atoms with Crippen LogP contribution in [0.15, 0.2) is 71.8 Å². The van der Waals surface area contributed by atoms with Crippen LogP contribution in [0.1, 0.15) is 11.1 Å². The third-order valence-electron chi connectivity index (χ3n) is 5.21. The lowest BCUT2D eigenvalue weighted by Gasteiger charge is -2.15. The highest BCUT2D eigenvalue weighted by Gasteiger charge is 2.33. The number of benzene rings is 3. The Hall–Kier alpha value is -3.26. The number of fused-ring (bicyclic) bond motifs is 1. The van der Waals surface area contributed by atoms with Gasteiger partial charge in [-0.25, -0.2) is 12.8 Å². The summed E-state index contributed by atoms with van der Waals surface area (Å²) in [4.78, 5) is 3.62. The monoisotopic (exact) mass is 459 g/mol. The molecular formula is C24H17F4NO2S. The molecule has 0 spiro atoms. The maximum Gasteiger partial charge on any atom is 0.418 e. The smallest absolute Gasteiger partial charge is 0.255 e. The van der Waals surface area contributed by atoms with Gasteiger partial charge in [0.2, 0.25) is 0 Å². The molecule has 0 fully saturated rings. The summed E-state index contributed by atoms with van der Waals surface area (Å²) in [5, 5.41) is 0.355. The predicted molar refractivity (Wildman–Crippen MR) is 115 cm³/mol. The predicted octanol–water partition coefficient (Wildman–Crippen LogP) is 6.44. The molecule has 0 aliphatic heterocycles. The molecule has 0 amide bonds. The Morgan fingerprint density at radius 3 is 2.22 bits per heavy atom. The summed E-state index contributed by atoms with van der Waals surface area (Å²) in [5.41, 5.74) is 2.02. The molecule has 0 radical (unpaired) electrons. The fraction of sp³-hybridized carbons (Fsp3) is 0.125. The van der Waals surface area contributed by atoms with E-state index in [0.717, 1.165) is 18.4 Å². The fourth-order valence-corrected chi connectivity index (χ4v) is 4.52. The van der Waals surface area contributed by atoms with E-state index in [1.165, 1.54) is 24.4 Å². The van der Waals surface area contributed by atoms with Gasteiger partial charge in [-0.3, -0.25) is 4.98 Å². The van der Waals surface area contributed by atoms with E-state index in [9.17, 15) is 26.0 Å². The van der Waals surface area contributed by atoms with E-state index in [4.69, 9.17) is 0 Å². The molecule has 164 valence electrons. The van der Waals surface area contributed by atoms with Crippen LogP contribution < -0.4 is 0 Å². The number of aryl methyl sites for hydroxylation is 1. The van der Waals surface area contributed by atoms with Gasteiger partial charge in [-0.05, 0) is 59.0 Å². The van der Waals surface area contributed by atoms with Crippen molar-refractivity contribution in [2.24, 2.45) is 0 Å². The standard InChI is InChI=1S/C24H17F4NO2S/c1-14-13-29-23-18(7-4-8-19(23)24(26,27)28)22(14)17-6-3-5-15(11-17)16-9-10-20(25)21(12-16)32(2,30)31/h3-13H,1-2H3. The summed E-state index contributed by atoms with van der Waals surface area (Å²) >= 11 is 0. The second-order valence-corrected chi connectivity index (χ2v) is 9.50. The summed E-state index contributed by atoms with van der Waals surface area (Å²) in [6.07, 6.45) is -2.22. The Morgan fingerprint density at radius 1 is 0.875 bits per heavy atom. The number of pyridine rings is 1. The summed E-state index contributed by atoms with van der Waals surface area (Å²) in [5.74, 6) is -0.844. The third kappa shape index (κ3) is 3.98. The molecule has 1 heterocycles. The molecule has 4 rings (SSSR count). The van der Waals surface area contributed by atoms with E-state index in [2.05, 4.69) is 4.98 Å². The van der Waals surface area contributed by atoms with Crippen LogP contribution in [-0.2, 0) is 16.0 Å². The Morgan fingerprint density at radius 2 is 1.53 bits per heavy atom. The van der Waals surface area contributed by atoms with Gasteiger partial charge in [0, 0.05) is 17.8 Å². The van der Waals surface area contributed by atoms with Crippen LogP contribution in [0.5, 0.6) is 0 Å². The SMILES string of the molecule is Cc1cnc2c(C(F)(F)F)cccc2c1-c1cccc(-c2ccc(F)c(S(C)(=O)=O)c2)c1. The second-order valence-electron chi connectivity index (χ2n) is 7.51. The van der Waals surface area contributed by atoms with E-state index in [1.54, 1.807) is 37.3 Å². The van der Waals surface area contributed by atoms with Crippen LogP contribution in [-0.4, -0.2) is 19.7 Å². The molecular weight excluding hydrogens is 442 g/mol. The zero-order valence-corrected chi connectivity index (χ0v) is 17.9. The van der Waals surface area contributed by atoms with Crippen LogP contribution in [0.2, 0.25) is 0 Å². The van der Waals surface area contributed by atoms with E-state index in [0.29, 0.717) is 33.2 Å². The molecule has 0 atom stereocenters.